The third-order valence-electron chi connectivity index (χ3n) is 3.65. The van der Waals surface area contributed by atoms with Crippen molar-refractivity contribution >= 4 is 13.7 Å². The molecule has 0 aliphatic heterocycles. The first-order valence-electron chi connectivity index (χ1n) is 8.65. The van der Waals surface area contributed by atoms with E-state index in [1.165, 1.54) is 12.5 Å². The topological polar surface area (TPSA) is 73.9 Å². The first kappa shape index (κ1) is 19.7. The van der Waals surface area contributed by atoms with Gasteiger partial charge in [-0.3, -0.25) is 4.79 Å². The number of amides is 1. The van der Waals surface area contributed by atoms with Crippen molar-refractivity contribution in [1.82, 2.24) is 5.48 Å². The van der Waals surface area contributed by atoms with E-state index in [0.29, 0.717) is 5.75 Å². The van der Waals surface area contributed by atoms with Crippen LogP contribution in [0.5, 0.6) is 11.5 Å². The van der Waals surface area contributed by atoms with Crippen molar-refractivity contribution in [2.24, 2.45) is 0 Å². The lowest BCUT2D eigenvalue weighted by Gasteiger charge is -2.18. The molecule has 0 aliphatic rings. The molecule has 3 rings (SSSR count). The number of benzene rings is 3. The molecular formula is C21H20NO5P. The molecule has 0 fully saturated rings. The fourth-order valence-electron chi connectivity index (χ4n) is 2.42. The van der Waals surface area contributed by atoms with E-state index >= 15 is 0 Å². The minimum Gasteiger partial charge on any atom is -0.394 e. The maximum atomic E-state index is 13.0. The number of hydrogen-bond donors (Lipinski definition) is 1. The zero-order valence-corrected chi connectivity index (χ0v) is 16.2. The molecule has 0 saturated carbocycles. The number of para-hydroxylation sites is 1. The summed E-state index contributed by atoms with van der Waals surface area (Å²) in [6.07, 6.45) is 0.766. The largest absolute Gasteiger partial charge is 0.609 e. The van der Waals surface area contributed by atoms with Crippen molar-refractivity contribution in [3.8, 4) is 11.5 Å². The number of phosphoric acid groups is 1. The summed E-state index contributed by atoms with van der Waals surface area (Å²) in [5.41, 5.74) is 4.27. The second-order valence-electron chi connectivity index (χ2n) is 6.00. The average Bonchev–Trinajstić information content (AvgIpc) is 2.70. The summed E-state index contributed by atoms with van der Waals surface area (Å²) in [5.74, 6) is 0.0528. The highest BCUT2D eigenvalue weighted by atomic mass is 31.2. The molecule has 0 heterocycles. The van der Waals surface area contributed by atoms with E-state index in [1.54, 1.807) is 42.5 Å². The summed E-state index contributed by atoms with van der Waals surface area (Å²) in [6.45, 7) is 1.23. The molecule has 144 valence electrons. The van der Waals surface area contributed by atoms with Gasteiger partial charge in [0.25, 0.3) is 0 Å². The van der Waals surface area contributed by atoms with Crippen LogP contribution in [0.25, 0.3) is 0 Å². The van der Waals surface area contributed by atoms with Crippen LogP contribution in [0.15, 0.2) is 84.9 Å². The number of nitrogens with one attached hydrogen (secondary N) is 1. The van der Waals surface area contributed by atoms with Gasteiger partial charge < -0.3 is 9.05 Å². The van der Waals surface area contributed by atoms with Crippen LogP contribution >= 0.6 is 7.82 Å². The summed E-state index contributed by atoms with van der Waals surface area (Å²) < 4.78 is 28.7. The zero-order chi connectivity index (χ0) is 19.8. The molecule has 0 saturated heterocycles. The minimum absolute atomic E-state index is 0.289. The first-order valence-corrected chi connectivity index (χ1v) is 10.1. The van der Waals surface area contributed by atoms with E-state index in [0.717, 1.165) is 12.0 Å². The van der Waals surface area contributed by atoms with Gasteiger partial charge in [-0.1, -0.05) is 60.7 Å². The number of carbonyl (C=O) groups excluding carboxylic acids is 1. The van der Waals surface area contributed by atoms with Crippen molar-refractivity contribution in [2.75, 3.05) is 0 Å². The van der Waals surface area contributed by atoms with Crippen molar-refractivity contribution in [3.05, 3.63) is 96.1 Å². The summed E-state index contributed by atoms with van der Waals surface area (Å²) in [6, 6.07) is 25.6. The second-order valence-corrected chi connectivity index (χ2v) is 7.44. The van der Waals surface area contributed by atoms with Gasteiger partial charge in [0.15, 0.2) is 0 Å². The Bertz CT molecular complexity index is 946. The van der Waals surface area contributed by atoms with Crippen LogP contribution < -0.4 is 14.5 Å². The van der Waals surface area contributed by atoms with E-state index in [2.05, 4.69) is 0 Å². The van der Waals surface area contributed by atoms with Gasteiger partial charge >= 0.3 is 7.82 Å². The van der Waals surface area contributed by atoms with Crippen molar-refractivity contribution in [3.63, 3.8) is 0 Å². The summed E-state index contributed by atoms with van der Waals surface area (Å²) in [5, 5.41) is 0. The van der Waals surface area contributed by atoms with Gasteiger partial charge in [-0.2, -0.15) is 0 Å². The molecule has 6 nitrogen and oxygen atoms in total. The first-order chi connectivity index (χ1) is 13.5. The molecule has 1 amide bonds. The van der Waals surface area contributed by atoms with Crippen LogP contribution in [0.1, 0.15) is 18.1 Å². The number of rotatable bonds is 8. The molecule has 1 unspecified atom stereocenters. The Balaban J connectivity index is 1.72. The van der Waals surface area contributed by atoms with Gasteiger partial charge in [0.05, 0.1) is 0 Å². The molecule has 0 spiro atoms. The molecule has 28 heavy (non-hydrogen) atoms. The van der Waals surface area contributed by atoms with Crippen LogP contribution in [0.2, 0.25) is 0 Å². The summed E-state index contributed by atoms with van der Waals surface area (Å²) in [7, 11) is -4.13. The monoisotopic (exact) mass is 397 g/mol. The Morgan fingerprint density at radius 1 is 0.786 bits per heavy atom. The fraction of sp³-hybridized carbons (Fsp3) is 0.0952. The standard InChI is InChI=1S/C21H20NO5P/c1-17(23)22-27-28(24,25-20-10-6-3-7-11-20)26-21-14-12-19(13-15-21)16-18-8-4-2-5-9-18/h2-15H,16H2,1H3,(H,22,23). The van der Waals surface area contributed by atoms with Crippen LogP contribution in [-0.4, -0.2) is 5.91 Å². The Morgan fingerprint density at radius 3 is 1.86 bits per heavy atom. The minimum atomic E-state index is -4.13. The van der Waals surface area contributed by atoms with Crippen molar-refractivity contribution < 1.29 is 23.0 Å². The molecule has 0 bridgehead atoms. The Hall–Kier alpha value is -3.08. The maximum Gasteiger partial charge on any atom is 0.609 e. The van der Waals surface area contributed by atoms with Gasteiger partial charge in [-0.05, 0) is 41.8 Å². The molecule has 0 aromatic heterocycles. The lowest BCUT2D eigenvalue weighted by atomic mass is 10.1. The molecule has 0 aliphatic carbocycles. The molecule has 1 N–H and O–H groups in total. The summed E-state index contributed by atoms with van der Waals surface area (Å²) >= 11 is 0. The van der Waals surface area contributed by atoms with Gasteiger partial charge in [-0.15, -0.1) is 4.62 Å². The lowest BCUT2D eigenvalue weighted by molar-refractivity contribution is -0.126. The number of hydrogen-bond acceptors (Lipinski definition) is 5. The van der Waals surface area contributed by atoms with Crippen molar-refractivity contribution in [2.45, 2.75) is 13.3 Å². The van der Waals surface area contributed by atoms with Crippen LogP contribution in [0.4, 0.5) is 0 Å². The fourth-order valence-corrected chi connectivity index (χ4v) is 3.53. The SMILES string of the molecule is CC(=O)NOP(=O)(Oc1ccccc1)Oc1ccc(Cc2ccccc2)cc1. The van der Waals surface area contributed by atoms with Crippen LogP contribution in [-0.2, 0) is 20.4 Å². The lowest BCUT2D eigenvalue weighted by Crippen LogP contribution is -2.21. The van der Waals surface area contributed by atoms with Crippen LogP contribution in [0, 0.1) is 0 Å². The normalized spacial score (nSPS) is 12.6. The van der Waals surface area contributed by atoms with Crippen molar-refractivity contribution in [1.29, 1.82) is 0 Å². The third-order valence-corrected chi connectivity index (χ3v) is 4.84. The highest BCUT2D eigenvalue weighted by Gasteiger charge is 2.32. The van der Waals surface area contributed by atoms with E-state index in [-0.39, 0.29) is 5.75 Å². The molecule has 1 atom stereocenters. The number of phosphoric ester groups is 1. The Labute approximate surface area is 163 Å². The predicted octanol–water partition coefficient (Wildman–Crippen LogP) is 4.91. The van der Waals surface area contributed by atoms with E-state index in [4.69, 9.17) is 13.7 Å². The highest BCUT2D eigenvalue weighted by molar-refractivity contribution is 7.49. The third kappa shape index (κ3) is 5.98. The van der Waals surface area contributed by atoms with Gasteiger partial charge in [0.1, 0.15) is 11.5 Å². The Morgan fingerprint density at radius 2 is 1.29 bits per heavy atom. The summed E-state index contributed by atoms with van der Waals surface area (Å²) in [4.78, 5) is 11.1. The van der Waals surface area contributed by atoms with Gasteiger partial charge in [0.2, 0.25) is 5.91 Å². The average molecular weight is 397 g/mol. The molecular weight excluding hydrogens is 377 g/mol. The Kier molecular flexibility index (Phi) is 6.48. The maximum absolute atomic E-state index is 13.0. The molecule has 3 aromatic rings. The predicted molar refractivity (Wildman–Crippen MR) is 106 cm³/mol. The molecule has 3 aromatic carbocycles. The van der Waals surface area contributed by atoms with Crippen LogP contribution in [0.3, 0.4) is 0 Å². The second kappa shape index (κ2) is 9.22. The molecule has 7 heteroatoms. The zero-order valence-electron chi connectivity index (χ0n) is 15.3. The highest BCUT2D eigenvalue weighted by Crippen LogP contribution is 2.48. The van der Waals surface area contributed by atoms with E-state index in [1.807, 2.05) is 47.9 Å². The van der Waals surface area contributed by atoms with Gasteiger partial charge in [0, 0.05) is 6.92 Å². The van der Waals surface area contributed by atoms with E-state index < -0.39 is 13.7 Å². The van der Waals surface area contributed by atoms with Gasteiger partial charge in [-0.25, -0.2) is 10.0 Å². The quantitative estimate of drug-likeness (QED) is 0.432. The van der Waals surface area contributed by atoms with E-state index in [9.17, 15) is 9.36 Å². The number of carbonyl (C=O) groups is 1. The molecule has 0 radical (unpaired) electrons. The number of hydroxylamine groups is 1. The smallest absolute Gasteiger partial charge is 0.394 e.